The summed E-state index contributed by atoms with van der Waals surface area (Å²) in [4.78, 5) is 35.9. The van der Waals surface area contributed by atoms with Crippen LogP contribution in [-0.4, -0.2) is 35.2 Å². The molecule has 0 aliphatic heterocycles. The van der Waals surface area contributed by atoms with Crippen LogP contribution >= 0.6 is 0 Å². The zero-order chi connectivity index (χ0) is 19.3. The topological polar surface area (TPSA) is 92.6 Å². The third kappa shape index (κ3) is 4.89. The van der Waals surface area contributed by atoms with Gasteiger partial charge in [0.05, 0.1) is 17.9 Å². The lowest BCUT2D eigenvalue weighted by Crippen LogP contribution is -2.35. The molecule has 0 spiro atoms. The molecule has 0 radical (unpaired) electrons. The first kappa shape index (κ1) is 19.1. The van der Waals surface area contributed by atoms with Gasteiger partial charge in [0.2, 0.25) is 11.8 Å². The quantitative estimate of drug-likeness (QED) is 0.637. The molecule has 136 valence electrons. The van der Waals surface area contributed by atoms with Crippen molar-refractivity contribution in [3.8, 4) is 0 Å². The summed E-state index contributed by atoms with van der Waals surface area (Å²) in [5, 5.41) is 13.5. The highest BCUT2D eigenvalue weighted by molar-refractivity contribution is 5.95. The number of likely N-dealkylation sites (N-methyl/N-ethyl adjacent to an activating group) is 1. The molecule has 0 unspecified atom stereocenters. The average molecular weight is 355 g/mol. The summed E-state index contributed by atoms with van der Waals surface area (Å²) in [5.41, 5.74) is 3.42. The minimum atomic E-state index is -0.491. The van der Waals surface area contributed by atoms with Crippen LogP contribution in [0.15, 0.2) is 42.5 Å². The minimum Gasteiger partial charge on any atom is -0.336 e. The molecule has 0 aliphatic rings. The van der Waals surface area contributed by atoms with Gasteiger partial charge in [-0.25, -0.2) is 0 Å². The number of rotatable bonds is 6. The molecule has 7 heteroatoms. The maximum atomic E-state index is 12.3. The van der Waals surface area contributed by atoms with Gasteiger partial charge in [0.25, 0.3) is 5.69 Å². The van der Waals surface area contributed by atoms with E-state index in [2.05, 4.69) is 5.32 Å². The number of carbonyl (C=O) groups is 2. The molecule has 0 heterocycles. The molecule has 2 amide bonds. The van der Waals surface area contributed by atoms with Crippen molar-refractivity contribution in [1.82, 2.24) is 4.90 Å². The van der Waals surface area contributed by atoms with Gasteiger partial charge in [-0.05, 0) is 36.6 Å². The summed E-state index contributed by atoms with van der Waals surface area (Å²) in [6.45, 7) is 3.82. The number of amides is 2. The van der Waals surface area contributed by atoms with E-state index >= 15 is 0 Å². The molecule has 0 bridgehead atoms. The Balaban J connectivity index is 1.92. The largest absolute Gasteiger partial charge is 0.336 e. The fourth-order valence-corrected chi connectivity index (χ4v) is 2.42. The van der Waals surface area contributed by atoms with Crippen molar-refractivity contribution in [3.05, 3.63) is 69.3 Å². The number of carbonyl (C=O) groups excluding carboxylic acids is 2. The van der Waals surface area contributed by atoms with Crippen LogP contribution in [0.4, 0.5) is 11.4 Å². The molecule has 0 aliphatic carbocycles. The minimum absolute atomic E-state index is 0.0255. The van der Waals surface area contributed by atoms with E-state index in [0.717, 1.165) is 16.8 Å². The molecule has 2 aromatic rings. The zero-order valence-electron chi connectivity index (χ0n) is 15.0. The van der Waals surface area contributed by atoms with E-state index in [1.807, 2.05) is 32.0 Å². The maximum Gasteiger partial charge on any atom is 0.269 e. The Bertz CT molecular complexity index is 831. The highest BCUT2D eigenvalue weighted by atomic mass is 16.6. The first-order valence-electron chi connectivity index (χ1n) is 8.11. The van der Waals surface area contributed by atoms with E-state index in [1.165, 1.54) is 17.0 Å². The van der Waals surface area contributed by atoms with Crippen LogP contribution in [0.25, 0.3) is 0 Å². The number of nitrogens with one attached hydrogen (secondary N) is 1. The SMILES string of the molecule is Cc1cccc(NC(=O)CN(C)C(=O)Cc2ccc([N+](=O)[O-])cc2)c1C. The van der Waals surface area contributed by atoms with Gasteiger partial charge in [-0.15, -0.1) is 0 Å². The van der Waals surface area contributed by atoms with E-state index in [9.17, 15) is 19.7 Å². The molecular formula is C19H21N3O4. The van der Waals surface area contributed by atoms with Crippen LogP contribution in [0.2, 0.25) is 0 Å². The molecule has 1 N–H and O–H groups in total. The molecule has 0 fully saturated rings. The molecule has 0 saturated heterocycles. The number of benzene rings is 2. The summed E-state index contributed by atoms with van der Waals surface area (Å²) < 4.78 is 0. The van der Waals surface area contributed by atoms with E-state index in [1.54, 1.807) is 19.2 Å². The van der Waals surface area contributed by atoms with Gasteiger partial charge >= 0.3 is 0 Å². The van der Waals surface area contributed by atoms with Gasteiger partial charge in [0.1, 0.15) is 0 Å². The third-order valence-electron chi connectivity index (χ3n) is 4.19. The van der Waals surface area contributed by atoms with Crippen LogP contribution in [0.3, 0.4) is 0 Å². The Labute approximate surface area is 151 Å². The predicted molar refractivity (Wildman–Crippen MR) is 99.0 cm³/mol. The summed E-state index contributed by atoms with van der Waals surface area (Å²) in [7, 11) is 1.55. The smallest absolute Gasteiger partial charge is 0.269 e. The second-order valence-electron chi connectivity index (χ2n) is 6.15. The number of anilines is 1. The van der Waals surface area contributed by atoms with E-state index in [0.29, 0.717) is 5.56 Å². The Morgan fingerprint density at radius 1 is 1.12 bits per heavy atom. The normalized spacial score (nSPS) is 10.3. The monoisotopic (exact) mass is 355 g/mol. The molecule has 0 atom stereocenters. The van der Waals surface area contributed by atoms with Crippen LogP contribution in [0.1, 0.15) is 16.7 Å². The second-order valence-corrected chi connectivity index (χ2v) is 6.15. The number of nitro benzene ring substituents is 1. The van der Waals surface area contributed by atoms with Crippen LogP contribution < -0.4 is 5.32 Å². The average Bonchev–Trinajstić information content (AvgIpc) is 2.59. The molecular weight excluding hydrogens is 334 g/mol. The molecule has 26 heavy (non-hydrogen) atoms. The lowest BCUT2D eigenvalue weighted by atomic mass is 10.1. The van der Waals surface area contributed by atoms with Crippen LogP contribution in [0.5, 0.6) is 0 Å². The van der Waals surface area contributed by atoms with Crippen molar-refractivity contribution in [2.75, 3.05) is 18.9 Å². The van der Waals surface area contributed by atoms with Crippen molar-refractivity contribution >= 4 is 23.2 Å². The summed E-state index contributed by atoms with van der Waals surface area (Å²) in [6, 6.07) is 11.4. The number of hydrogen-bond acceptors (Lipinski definition) is 4. The molecule has 2 aromatic carbocycles. The highest BCUT2D eigenvalue weighted by Crippen LogP contribution is 2.18. The van der Waals surface area contributed by atoms with E-state index in [-0.39, 0.29) is 30.5 Å². The number of nitro groups is 1. The first-order valence-corrected chi connectivity index (χ1v) is 8.11. The van der Waals surface area contributed by atoms with Gasteiger partial charge in [-0.3, -0.25) is 19.7 Å². The number of non-ortho nitro benzene ring substituents is 1. The van der Waals surface area contributed by atoms with E-state index < -0.39 is 4.92 Å². The Kier molecular flexibility index (Phi) is 6.06. The van der Waals surface area contributed by atoms with Gasteiger partial charge in [-0.1, -0.05) is 24.3 Å². The van der Waals surface area contributed by atoms with Gasteiger partial charge in [-0.2, -0.15) is 0 Å². The number of aryl methyl sites for hydroxylation is 1. The third-order valence-corrected chi connectivity index (χ3v) is 4.19. The van der Waals surface area contributed by atoms with Gasteiger partial charge in [0.15, 0.2) is 0 Å². The molecule has 0 saturated carbocycles. The van der Waals surface area contributed by atoms with Crippen molar-refractivity contribution in [2.24, 2.45) is 0 Å². The fraction of sp³-hybridized carbons (Fsp3) is 0.263. The van der Waals surface area contributed by atoms with Crippen molar-refractivity contribution in [3.63, 3.8) is 0 Å². The summed E-state index contributed by atoms with van der Waals surface area (Å²) in [6.07, 6.45) is 0.0746. The Morgan fingerprint density at radius 2 is 1.77 bits per heavy atom. The summed E-state index contributed by atoms with van der Waals surface area (Å²) in [5.74, 6) is -0.520. The van der Waals surface area contributed by atoms with Gasteiger partial charge < -0.3 is 10.2 Å². The predicted octanol–water partition coefficient (Wildman–Crippen LogP) is 2.85. The highest BCUT2D eigenvalue weighted by Gasteiger charge is 2.15. The Hall–Kier alpha value is -3.22. The van der Waals surface area contributed by atoms with Crippen LogP contribution in [0, 0.1) is 24.0 Å². The van der Waals surface area contributed by atoms with E-state index in [4.69, 9.17) is 0 Å². The van der Waals surface area contributed by atoms with Crippen molar-refractivity contribution < 1.29 is 14.5 Å². The number of nitrogens with zero attached hydrogens (tertiary/aromatic N) is 2. The maximum absolute atomic E-state index is 12.3. The zero-order valence-corrected chi connectivity index (χ0v) is 15.0. The van der Waals surface area contributed by atoms with Crippen LogP contribution in [-0.2, 0) is 16.0 Å². The molecule has 0 aromatic heterocycles. The molecule has 7 nitrogen and oxygen atoms in total. The summed E-state index contributed by atoms with van der Waals surface area (Å²) >= 11 is 0. The first-order chi connectivity index (χ1) is 12.3. The fourth-order valence-electron chi connectivity index (χ4n) is 2.42. The number of hydrogen-bond donors (Lipinski definition) is 1. The lowest BCUT2D eigenvalue weighted by Gasteiger charge is -2.18. The standard InChI is InChI=1S/C19H21N3O4/c1-13-5-4-6-17(14(13)2)20-18(23)12-21(3)19(24)11-15-7-9-16(10-8-15)22(25)26/h4-10H,11-12H2,1-3H3,(H,20,23). The van der Waals surface area contributed by atoms with Crippen molar-refractivity contribution in [1.29, 1.82) is 0 Å². The Morgan fingerprint density at radius 3 is 2.38 bits per heavy atom. The second kappa shape index (κ2) is 8.24. The molecule has 2 rings (SSSR count). The van der Waals surface area contributed by atoms with Gasteiger partial charge in [0, 0.05) is 24.9 Å². The lowest BCUT2D eigenvalue weighted by molar-refractivity contribution is -0.384. The van der Waals surface area contributed by atoms with Crippen molar-refractivity contribution in [2.45, 2.75) is 20.3 Å².